The first-order valence-electron chi connectivity index (χ1n) is 10.7. The average Bonchev–Trinajstić information content (AvgIpc) is 3.16. The van der Waals surface area contributed by atoms with Crippen LogP contribution in [0.5, 0.6) is 0 Å². The molecule has 0 aliphatic carbocycles. The van der Waals surface area contributed by atoms with Crippen LogP contribution in [0.15, 0.2) is 48.5 Å². The van der Waals surface area contributed by atoms with Crippen molar-refractivity contribution in [1.29, 1.82) is 0 Å². The predicted octanol–water partition coefficient (Wildman–Crippen LogP) is 3.73. The van der Waals surface area contributed by atoms with Gasteiger partial charge in [-0.1, -0.05) is 63.2 Å². The van der Waals surface area contributed by atoms with Crippen LogP contribution in [0.25, 0.3) is 0 Å². The number of urea groups is 1. The van der Waals surface area contributed by atoms with E-state index in [-0.39, 0.29) is 23.9 Å². The largest absolute Gasteiger partial charge is 0.325 e. The number of hydrogen-bond acceptors (Lipinski definition) is 3. The molecule has 6 nitrogen and oxygen atoms in total. The standard InChI is InChI=1S/C25H29N3O3/c1-16-14-17-8-6-7-9-20(17)28(16)21(29)15-27-22(30)25(5,26-23(27)31)19-12-10-18(11-13-19)24(2,3)4/h6-13,16H,14-15H2,1-5H3,(H,26,31)/t16-,25-/m1/s1. The lowest BCUT2D eigenvalue weighted by atomic mass is 9.84. The molecule has 4 rings (SSSR count). The zero-order valence-electron chi connectivity index (χ0n) is 18.7. The SMILES string of the molecule is C[C@@H]1Cc2ccccc2N1C(=O)CN1C(=O)N[C@](C)(c2ccc(C(C)(C)C)cc2)C1=O. The molecule has 2 aliphatic rings. The van der Waals surface area contributed by atoms with Gasteiger partial charge in [0.15, 0.2) is 0 Å². The maximum Gasteiger partial charge on any atom is 0.325 e. The van der Waals surface area contributed by atoms with E-state index in [1.807, 2.05) is 55.5 Å². The van der Waals surface area contributed by atoms with Crippen molar-refractivity contribution < 1.29 is 14.4 Å². The van der Waals surface area contributed by atoms with E-state index in [2.05, 4.69) is 26.1 Å². The van der Waals surface area contributed by atoms with Crippen LogP contribution < -0.4 is 10.2 Å². The van der Waals surface area contributed by atoms with Crippen molar-refractivity contribution in [1.82, 2.24) is 10.2 Å². The number of anilines is 1. The highest BCUT2D eigenvalue weighted by Crippen LogP contribution is 2.34. The normalized spacial score (nSPS) is 23.2. The van der Waals surface area contributed by atoms with E-state index in [1.165, 1.54) is 0 Å². The van der Waals surface area contributed by atoms with Crippen molar-refractivity contribution in [2.75, 3.05) is 11.4 Å². The Labute approximate surface area is 183 Å². The van der Waals surface area contributed by atoms with Crippen molar-refractivity contribution in [3.63, 3.8) is 0 Å². The van der Waals surface area contributed by atoms with Crippen LogP contribution in [0.3, 0.4) is 0 Å². The highest BCUT2D eigenvalue weighted by atomic mass is 16.2. The number of rotatable bonds is 3. The minimum atomic E-state index is -1.19. The first-order valence-corrected chi connectivity index (χ1v) is 10.7. The fraction of sp³-hybridized carbons (Fsp3) is 0.400. The minimum Gasteiger partial charge on any atom is -0.319 e. The van der Waals surface area contributed by atoms with Crippen molar-refractivity contribution in [2.24, 2.45) is 0 Å². The molecular formula is C25H29N3O3. The molecule has 2 aliphatic heterocycles. The van der Waals surface area contributed by atoms with Crippen LogP contribution in [0.2, 0.25) is 0 Å². The summed E-state index contributed by atoms with van der Waals surface area (Å²) in [7, 11) is 0. The van der Waals surface area contributed by atoms with Gasteiger partial charge in [-0.2, -0.15) is 0 Å². The fourth-order valence-corrected chi connectivity index (χ4v) is 4.50. The molecule has 2 aromatic carbocycles. The summed E-state index contributed by atoms with van der Waals surface area (Å²) in [6.45, 7) is 9.76. The van der Waals surface area contributed by atoms with Gasteiger partial charge in [0.25, 0.3) is 5.91 Å². The van der Waals surface area contributed by atoms with Crippen LogP contribution in [0.4, 0.5) is 10.5 Å². The van der Waals surface area contributed by atoms with Gasteiger partial charge in [-0.3, -0.25) is 14.5 Å². The fourth-order valence-electron chi connectivity index (χ4n) is 4.50. The minimum absolute atomic E-state index is 0.0104. The Morgan fingerprint density at radius 1 is 1.10 bits per heavy atom. The van der Waals surface area contributed by atoms with Crippen LogP contribution in [-0.4, -0.2) is 35.3 Å². The first-order chi connectivity index (χ1) is 14.5. The number of nitrogens with one attached hydrogen (secondary N) is 1. The molecule has 0 aromatic heterocycles. The van der Waals surface area contributed by atoms with Crippen molar-refractivity contribution in [2.45, 2.75) is 58.0 Å². The van der Waals surface area contributed by atoms with Crippen LogP contribution in [-0.2, 0) is 27.0 Å². The number of para-hydroxylation sites is 1. The summed E-state index contributed by atoms with van der Waals surface area (Å²) in [5, 5.41) is 2.80. The number of fused-ring (bicyclic) bond motifs is 1. The third-order valence-electron chi connectivity index (χ3n) is 6.37. The average molecular weight is 420 g/mol. The Balaban J connectivity index is 1.55. The number of hydrogen-bond donors (Lipinski definition) is 1. The smallest absolute Gasteiger partial charge is 0.319 e. The van der Waals surface area contributed by atoms with E-state index in [0.29, 0.717) is 5.56 Å². The number of carbonyl (C=O) groups excluding carboxylic acids is 3. The van der Waals surface area contributed by atoms with Crippen molar-refractivity contribution >= 4 is 23.5 Å². The predicted molar refractivity (Wildman–Crippen MR) is 120 cm³/mol. The molecule has 1 saturated heterocycles. The van der Waals surface area contributed by atoms with Gasteiger partial charge in [0, 0.05) is 11.7 Å². The Hall–Kier alpha value is -3.15. The summed E-state index contributed by atoms with van der Waals surface area (Å²) in [6, 6.07) is 14.9. The van der Waals surface area contributed by atoms with Crippen LogP contribution >= 0.6 is 0 Å². The van der Waals surface area contributed by atoms with Gasteiger partial charge in [0.2, 0.25) is 5.91 Å². The summed E-state index contributed by atoms with van der Waals surface area (Å²) < 4.78 is 0. The quantitative estimate of drug-likeness (QED) is 0.771. The van der Waals surface area contributed by atoms with E-state index in [4.69, 9.17) is 0 Å². The lowest BCUT2D eigenvalue weighted by Crippen LogP contribution is -2.46. The molecule has 31 heavy (non-hydrogen) atoms. The second-order valence-electron chi connectivity index (χ2n) is 9.72. The molecule has 1 fully saturated rings. The lowest BCUT2D eigenvalue weighted by molar-refractivity contribution is -0.134. The van der Waals surface area contributed by atoms with Crippen molar-refractivity contribution in [3.05, 3.63) is 65.2 Å². The van der Waals surface area contributed by atoms with Gasteiger partial charge in [-0.05, 0) is 48.4 Å². The Bertz CT molecular complexity index is 1050. The summed E-state index contributed by atoms with van der Waals surface area (Å²) in [4.78, 5) is 41.8. The van der Waals surface area contributed by atoms with Gasteiger partial charge >= 0.3 is 6.03 Å². The van der Waals surface area contributed by atoms with Crippen molar-refractivity contribution in [3.8, 4) is 0 Å². The molecule has 2 atom stereocenters. The van der Waals surface area contributed by atoms with Gasteiger partial charge in [0.05, 0.1) is 0 Å². The molecule has 162 valence electrons. The Kier molecular flexibility index (Phi) is 4.91. The zero-order chi connectivity index (χ0) is 22.6. The third-order valence-corrected chi connectivity index (χ3v) is 6.37. The third kappa shape index (κ3) is 3.50. The summed E-state index contributed by atoms with van der Waals surface area (Å²) in [5.74, 6) is -0.664. The van der Waals surface area contributed by atoms with E-state index < -0.39 is 17.5 Å². The molecule has 0 radical (unpaired) electrons. The van der Waals surface area contributed by atoms with Gasteiger partial charge in [0.1, 0.15) is 12.1 Å². The van der Waals surface area contributed by atoms with Gasteiger partial charge in [-0.25, -0.2) is 4.79 Å². The number of carbonyl (C=O) groups is 3. The highest BCUT2D eigenvalue weighted by Gasteiger charge is 2.50. The number of benzene rings is 2. The molecule has 2 heterocycles. The van der Waals surface area contributed by atoms with E-state index in [1.54, 1.807) is 11.8 Å². The Morgan fingerprint density at radius 3 is 2.39 bits per heavy atom. The van der Waals surface area contributed by atoms with Gasteiger partial charge < -0.3 is 10.2 Å². The Morgan fingerprint density at radius 2 is 1.74 bits per heavy atom. The van der Waals surface area contributed by atoms with E-state index >= 15 is 0 Å². The maximum atomic E-state index is 13.3. The maximum absolute atomic E-state index is 13.3. The topological polar surface area (TPSA) is 69.7 Å². The molecule has 0 spiro atoms. The molecule has 4 amide bonds. The van der Waals surface area contributed by atoms with E-state index in [9.17, 15) is 14.4 Å². The summed E-state index contributed by atoms with van der Waals surface area (Å²) in [5.41, 5.74) is 2.60. The van der Waals surface area contributed by atoms with Gasteiger partial charge in [-0.15, -0.1) is 0 Å². The summed E-state index contributed by atoms with van der Waals surface area (Å²) in [6.07, 6.45) is 0.764. The zero-order valence-corrected chi connectivity index (χ0v) is 18.7. The van der Waals surface area contributed by atoms with Crippen LogP contribution in [0, 0.1) is 0 Å². The highest BCUT2D eigenvalue weighted by molar-refractivity contribution is 6.10. The molecule has 6 heteroatoms. The molecule has 2 aromatic rings. The molecular weight excluding hydrogens is 390 g/mol. The molecule has 0 saturated carbocycles. The number of nitrogens with zero attached hydrogens (tertiary/aromatic N) is 2. The van der Waals surface area contributed by atoms with Crippen LogP contribution in [0.1, 0.15) is 51.3 Å². The monoisotopic (exact) mass is 419 g/mol. The summed E-state index contributed by atoms with van der Waals surface area (Å²) >= 11 is 0. The second kappa shape index (κ2) is 7.22. The number of imide groups is 1. The lowest BCUT2D eigenvalue weighted by Gasteiger charge is -2.26. The number of amides is 4. The first kappa shape index (κ1) is 21.1. The van der Waals surface area contributed by atoms with E-state index in [0.717, 1.165) is 28.1 Å². The second-order valence-corrected chi connectivity index (χ2v) is 9.72. The molecule has 0 bridgehead atoms. The molecule has 0 unspecified atom stereocenters. The molecule has 1 N–H and O–H groups in total.